The highest BCUT2D eigenvalue weighted by molar-refractivity contribution is 7.90. The van der Waals surface area contributed by atoms with Gasteiger partial charge in [0.25, 0.3) is 5.69 Å². The van der Waals surface area contributed by atoms with Crippen molar-refractivity contribution >= 4 is 21.2 Å². The first-order valence-electron chi connectivity index (χ1n) is 7.68. The quantitative estimate of drug-likeness (QED) is 0.626. The van der Waals surface area contributed by atoms with E-state index in [1.54, 1.807) is 6.07 Å². The molecule has 1 fully saturated rings. The Bertz CT molecular complexity index is 865. The Morgan fingerprint density at radius 3 is 2.50 bits per heavy atom. The molecule has 0 spiro atoms. The van der Waals surface area contributed by atoms with Gasteiger partial charge in [0.05, 0.1) is 15.9 Å². The van der Waals surface area contributed by atoms with Gasteiger partial charge in [0.2, 0.25) is 0 Å². The van der Waals surface area contributed by atoms with E-state index in [9.17, 15) is 18.5 Å². The minimum absolute atomic E-state index is 0.0339. The molecule has 0 N–H and O–H groups in total. The van der Waals surface area contributed by atoms with E-state index in [0.29, 0.717) is 12.2 Å². The number of nitro benzene ring substituents is 1. The molecule has 2 aromatic carbocycles. The molecular weight excluding hydrogens is 328 g/mol. The fourth-order valence-corrected chi connectivity index (χ4v) is 3.84. The van der Waals surface area contributed by atoms with E-state index in [1.165, 1.54) is 6.07 Å². The van der Waals surface area contributed by atoms with Crippen LogP contribution in [0.4, 0.5) is 11.4 Å². The van der Waals surface area contributed by atoms with Crippen LogP contribution >= 0.6 is 0 Å². The van der Waals surface area contributed by atoms with Crippen LogP contribution in [0.1, 0.15) is 24.4 Å². The van der Waals surface area contributed by atoms with Crippen LogP contribution in [0.15, 0.2) is 53.4 Å². The van der Waals surface area contributed by atoms with Crippen LogP contribution in [0, 0.1) is 10.1 Å². The van der Waals surface area contributed by atoms with Crippen molar-refractivity contribution in [1.29, 1.82) is 0 Å². The summed E-state index contributed by atoms with van der Waals surface area (Å²) in [5, 5.41) is 11.5. The summed E-state index contributed by atoms with van der Waals surface area (Å²) >= 11 is 0. The number of hydrogen-bond acceptors (Lipinski definition) is 5. The molecule has 0 saturated carbocycles. The van der Waals surface area contributed by atoms with Gasteiger partial charge in [-0.25, -0.2) is 8.42 Å². The topological polar surface area (TPSA) is 80.5 Å². The summed E-state index contributed by atoms with van der Waals surface area (Å²) in [6, 6.07) is 14.1. The van der Waals surface area contributed by atoms with Crippen molar-refractivity contribution in [2.24, 2.45) is 0 Å². The Hall–Kier alpha value is -2.41. The summed E-state index contributed by atoms with van der Waals surface area (Å²) in [5.74, 6) is 0. The third-order valence-corrected chi connectivity index (χ3v) is 5.43. The lowest BCUT2D eigenvalue weighted by molar-refractivity contribution is -0.384. The Balaban J connectivity index is 2.06. The van der Waals surface area contributed by atoms with Crippen LogP contribution in [0.25, 0.3) is 0 Å². The maximum Gasteiger partial charge on any atom is 0.293 e. The molecule has 7 heteroatoms. The van der Waals surface area contributed by atoms with E-state index in [1.807, 2.05) is 35.2 Å². The Morgan fingerprint density at radius 1 is 1.17 bits per heavy atom. The van der Waals surface area contributed by atoms with Gasteiger partial charge in [0.15, 0.2) is 9.84 Å². The molecule has 1 aliphatic heterocycles. The Kier molecular flexibility index (Phi) is 4.28. The van der Waals surface area contributed by atoms with Crippen LogP contribution in [0.2, 0.25) is 0 Å². The second-order valence-corrected chi connectivity index (χ2v) is 7.96. The van der Waals surface area contributed by atoms with Gasteiger partial charge in [-0.3, -0.25) is 10.1 Å². The van der Waals surface area contributed by atoms with E-state index >= 15 is 0 Å². The second kappa shape index (κ2) is 6.24. The molecular formula is C17H18N2O4S. The first-order valence-corrected chi connectivity index (χ1v) is 9.57. The normalized spacial score (nSPS) is 17.9. The average molecular weight is 346 g/mol. The molecule has 6 nitrogen and oxygen atoms in total. The van der Waals surface area contributed by atoms with Crippen LogP contribution in [0.5, 0.6) is 0 Å². The van der Waals surface area contributed by atoms with Crippen LogP contribution in [0.3, 0.4) is 0 Å². The molecule has 3 rings (SSSR count). The van der Waals surface area contributed by atoms with Gasteiger partial charge in [-0.1, -0.05) is 30.3 Å². The van der Waals surface area contributed by atoms with E-state index < -0.39 is 14.8 Å². The number of rotatable bonds is 4. The SMILES string of the molecule is CS(=O)(=O)c1ccc(N2CCCC2c2ccccc2)c([N+](=O)[O-])c1. The van der Waals surface area contributed by atoms with Crippen molar-refractivity contribution in [1.82, 2.24) is 0 Å². The first kappa shape index (κ1) is 16.4. The number of nitrogens with zero attached hydrogens (tertiary/aromatic N) is 2. The maximum absolute atomic E-state index is 11.7. The van der Waals surface area contributed by atoms with Gasteiger partial charge in [-0.05, 0) is 30.5 Å². The third-order valence-electron chi connectivity index (χ3n) is 4.32. The Morgan fingerprint density at radius 2 is 1.88 bits per heavy atom. The summed E-state index contributed by atoms with van der Waals surface area (Å²) in [4.78, 5) is 12.9. The van der Waals surface area contributed by atoms with Crippen molar-refractivity contribution in [3.8, 4) is 0 Å². The molecule has 1 atom stereocenters. The highest BCUT2D eigenvalue weighted by atomic mass is 32.2. The van der Waals surface area contributed by atoms with Crippen molar-refractivity contribution in [2.45, 2.75) is 23.8 Å². The molecule has 126 valence electrons. The molecule has 1 heterocycles. The number of nitro groups is 1. The molecule has 24 heavy (non-hydrogen) atoms. The third kappa shape index (κ3) is 3.12. The van der Waals surface area contributed by atoms with E-state index in [2.05, 4.69) is 0 Å². The van der Waals surface area contributed by atoms with Crippen molar-refractivity contribution in [2.75, 3.05) is 17.7 Å². The van der Waals surface area contributed by atoms with Crippen molar-refractivity contribution in [3.63, 3.8) is 0 Å². The lowest BCUT2D eigenvalue weighted by Crippen LogP contribution is -2.23. The molecule has 1 saturated heterocycles. The number of anilines is 1. The molecule has 0 bridgehead atoms. The van der Waals surface area contributed by atoms with E-state index in [0.717, 1.165) is 30.7 Å². The lowest BCUT2D eigenvalue weighted by Gasteiger charge is -2.27. The van der Waals surface area contributed by atoms with Gasteiger partial charge in [0, 0.05) is 18.9 Å². The Labute approximate surface area is 140 Å². The summed E-state index contributed by atoms with van der Waals surface area (Å²) in [6.45, 7) is 0.707. The highest BCUT2D eigenvalue weighted by Crippen LogP contribution is 2.41. The molecule has 1 unspecified atom stereocenters. The molecule has 0 radical (unpaired) electrons. The van der Waals surface area contributed by atoms with Gasteiger partial charge in [-0.15, -0.1) is 0 Å². The summed E-state index contributed by atoms with van der Waals surface area (Å²) in [5.41, 5.74) is 1.41. The fourth-order valence-electron chi connectivity index (χ4n) is 3.20. The summed E-state index contributed by atoms with van der Waals surface area (Å²) in [6.07, 6.45) is 2.90. The van der Waals surface area contributed by atoms with Crippen LogP contribution in [-0.4, -0.2) is 26.1 Å². The minimum Gasteiger partial charge on any atom is -0.359 e. The molecule has 2 aromatic rings. The van der Waals surface area contributed by atoms with Crippen molar-refractivity contribution < 1.29 is 13.3 Å². The molecule has 0 aliphatic carbocycles. The minimum atomic E-state index is -3.49. The smallest absolute Gasteiger partial charge is 0.293 e. The number of benzene rings is 2. The predicted molar refractivity (Wildman–Crippen MR) is 92.0 cm³/mol. The monoisotopic (exact) mass is 346 g/mol. The van der Waals surface area contributed by atoms with Crippen LogP contribution < -0.4 is 4.90 Å². The largest absolute Gasteiger partial charge is 0.359 e. The zero-order valence-electron chi connectivity index (χ0n) is 13.3. The lowest BCUT2D eigenvalue weighted by atomic mass is 10.0. The highest BCUT2D eigenvalue weighted by Gasteiger charge is 2.31. The van der Waals surface area contributed by atoms with E-state index in [-0.39, 0.29) is 16.6 Å². The van der Waals surface area contributed by atoms with Crippen molar-refractivity contribution in [3.05, 3.63) is 64.2 Å². The van der Waals surface area contributed by atoms with E-state index in [4.69, 9.17) is 0 Å². The van der Waals surface area contributed by atoms with Gasteiger partial charge < -0.3 is 4.90 Å². The summed E-state index contributed by atoms with van der Waals surface area (Å²) < 4.78 is 23.4. The zero-order valence-corrected chi connectivity index (χ0v) is 14.1. The molecule has 0 amide bonds. The van der Waals surface area contributed by atoms with Gasteiger partial charge in [0.1, 0.15) is 5.69 Å². The maximum atomic E-state index is 11.7. The molecule has 1 aliphatic rings. The van der Waals surface area contributed by atoms with Gasteiger partial charge in [-0.2, -0.15) is 0 Å². The van der Waals surface area contributed by atoms with Gasteiger partial charge >= 0.3 is 0 Å². The standard InChI is InChI=1S/C17H18N2O4S/c1-24(22,23)14-9-10-16(17(12-14)19(20)21)18-11-5-8-15(18)13-6-3-2-4-7-13/h2-4,6-7,9-10,12,15H,5,8,11H2,1H3. The predicted octanol–water partition coefficient (Wildman–Crippen LogP) is 3.34. The fraction of sp³-hybridized carbons (Fsp3) is 0.294. The number of sulfone groups is 1. The summed E-state index contributed by atoms with van der Waals surface area (Å²) in [7, 11) is -3.49. The first-order chi connectivity index (χ1) is 11.4. The van der Waals surface area contributed by atoms with Crippen LogP contribution in [-0.2, 0) is 9.84 Å². The number of hydrogen-bond donors (Lipinski definition) is 0. The average Bonchev–Trinajstić information content (AvgIpc) is 3.03. The molecule has 0 aromatic heterocycles. The zero-order chi connectivity index (χ0) is 17.3. The second-order valence-electron chi connectivity index (χ2n) is 5.94.